The molecule has 2 amide bonds. The molecule has 0 bridgehead atoms. The van der Waals surface area contributed by atoms with Gasteiger partial charge in [0.05, 0.1) is 6.26 Å². The molecule has 1 heterocycles. The lowest BCUT2D eigenvalue weighted by atomic mass is 9.96. The van der Waals surface area contributed by atoms with E-state index < -0.39 is 33.6 Å². The van der Waals surface area contributed by atoms with Gasteiger partial charge in [-0.2, -0.15) is 0 Å². The largest absolute Gasteiger partial charge is 0.352 e. The Balaban J connectivity index is 2.00. The second-order valence-electron chi connectivity index (χ2n) is 7.19. The quantitative estimate of drug-likeness (QED) is 0.751. The van der Waals surface area contributed by atoms with Crippen LogP contribution in [-0.4, -0.2) is 51.0 Å². The molecule has 1 aromatic carbocycles. The fourth-order valence-corrected chi connectivity index (χ4v) is 4.07. The lowest BCUT2D eigenvalue weighted by Gasteiger charge is -2.23. The first-order chi connectivity index (χ1) is 13.0. The van der Waals surface area contributed by atoms with Crippen molar-refractivity contribution in [2.45, 2.75) is 38.3 Å². The summed E-state index contributed by atoms with van der Waals surface area (Å²) in [5, 5.41) is 2.62. The van der Waals surface area contributed by atoms with Crippen molar-refractivity contribution in [2.24, 2.45) is 5.92 Å². The zero-order valence-corrected chi connectivity index (χ0v) is 16.7. The van der Waals surface area contributed by atoms with Gasteiger partial charge in [-0.05, 0) is 30.5 Å². The first kappa shape index (κ1) is 22.2. The molecule has 0 saturated carbocycles. The van der Waals surface area contributed by atoms with E-state index in [1.165, 1.54) is 4.90 Å². The minimum Gasteiger partial charge on any atom is -0.352 e. The third-order valence-electron chi connectivity index (χ3n) is 4.59. The second-order valence-corrected chi connectivity index (χ2v) is 8.97. The van der Waals surface area contributed by atoms with Gasteiger partial charge in [-0.15, -0.1) is 0 Å². The van der Waals surface area contributed by atoms with Gasteiger partial charge in [0.25, 0.3) is 0 Å². The molecule has 0 aliphatic carbocycles. The highest BCUT2D eigenvalue weighted by Crippen LogP contribution is 2.19. The predicted molar refractivity (Wildman–Crippen MR) is 99.6 cm³/mol. The number of likely N-dealkylation sites (N-methyl/N-ethyl adjacent to an activating group) is 1. The monoisotopic (exact) mass is 417 g/mol. The van der Waals surface area contributed by atoms with Crippen molar-refractivity contribution in [3.63, 3.8) is 0 Å². The van der Waals surface area contributed by atoms with Gasteiger partial charge in [0.1, 0.15) is 11.6 Å². The number of sulfonamides is 1. The molecule has 2 N–H and O–H groups in total. The molecule has 10 heteroatoms. The summed E-state index contributed by atoms with van der Waals surface area (Å²) >= 11 is 0. The minimum atomic E-state index is -3.41. The van der Waals surface area contributed by atoms with Crippen LogP contribution in [0.4, 0.5) is 8.78 Å². The molecule has 2 unspecified atom stereocenters. The molecular weight excluding hydrogens is 392 g/mol. The van der Waals surface area contributed by atoms with Gasteiger partial charge in [-0.1, -0.05) is 6.42 Å². The van der Waals surface area contributed by atoms with Crippen LogP contribution in [0, 0.1) is 17.6 Å². The molecular formula is C18H25F2N3O4S. The van der Waals surface area contributed by atoms with E-state index in [1.807, 2.05) is 0 Å². The zero-order valence-electron chi connectivity index (χ0n) is 15.9. The Labute approximate surface area is 163 Å². The average Bonchev–Trinajstić information content (AvgIpc) is 2.61. The molecule has 28 heavy (non-hydrogen) atoms. The van der Waals surface area contributed by atoms with Crippen molar-refractivity contribution in [3.05, 3.63) is 35.4 Å². The summed E-state index contributed by atoms with van der Waals surface area (Å²) in [5.41, 5.74) is 0.287. The highest BCUT2D eigenvalue weighted by molar-refractivity contribution is 7.88. The van der Waals surface area contributed by atoms with E-state index in [0.717, 1.165) is 24.5 Å². The molecule has 1 fully saturated rings. The van der Waals surface area contributed by atoms with Crippen molar-refractivity contribution in [1.29, 1.82) is 0 Å². The van der Waals surface area contributed by atoms with Crippen LogP contribution in [0.15, 0.2) is 18.2 Å². The van der Waals surface area contributed by atoms with E-state index in [2.05, 4.69) is 10.0 Å². The van der Waals surface area contributed by atoms with Crippen LogP contribution in [0.3, 0.4) is 0 Å². The molecule has 0 aromatic heterocycles. The number of halogens is 2. The molecule has 156 valence electrons. The number of rotatable bonds is 5. The van der Waals surface area contributed by atoms with Gasteiger partial charge in [-0.25, -0.2) is 21.9 Å². The van der Waals surface area contributed by atoms with E-state index in [1.54, 1.807) is 7.05 Å². The predicted octanol–water partition coefficient (Wildman–Crippen LogP) is 1.15. The zero-order chi connectivity index (χ0) is 20.9. The van der Waals surface area contributed by atoms with E-state index in [4.69, 9.17) is 0 Å². The van der Waals surface area contributed by atoms with Crippen molar-refractivity contribution in [1.82, 2.24) is 14.9 Å². The summed E-state index contributed by atoms with van der Waals surface area (Å²) in [7, 11) is -1.84. The summed E-state index contributed by atoms with van der Waals surface area (Å²) < 4.78 is 52.0. The summed E-state index contributed by atoms with van der Waals surface area (Å²) in [6, 6.07) is 2.60. The Kier molecular flexibility index (Phi) is 7.48. The van der Waals surface area contributed by atoms with E-state index in [0.29, 0.717) is 19.3 Å². The lowest BCUT2D eigenvalue weighted by Crippen LogP contribution is -2.44. The van der Waals surface area contributed by atoms with Crippen LogP contribution in [0.25, 0.3) is 0 Å². The van der Waals surface area contributed by atoms with Crippen LogP contribution >= 0.6 is 0 Å². The first-order valence-electron chi connectivity index (χ1n) is 8.97. The van der Waals surface area contributed by atoms with Gasteiger partial charge < -0.3 is 10.2 Å². The molecule has 1 aliphatic rings. The van der Waals surface area contributed by atoms with Gasteiger partial charge >= 0.3 is 0 Å². The topological polar surface area (TPSA) is 95.6 Å². The number of carbonyl (C=O) groups excluding carboxylic acids is 2. The second kappa shape index (κ2) is 9.42. The van der Waals surface area contributed by atoms with E-state index >= 15 is 0 Å². The van der Waals surface area contributed by atoms with Crippen molar-refractivity contribution < 1.29 is 26.8 Å². The summed E-state index contributed by atoms with van der Waals surface area (Å²) in [4.78, 5) is 26.3. The highest BCUT2D eigenvalue weighted by atomic mass is 32.2. The van der Waals surface area contributed by atoms with Crippen LogP contribution in [0.5, 0.6) is 0 Å². The third kappa shape index (κ3) is 7.16. The first-order valence-corrected chi connectivity index (χ1v) is 10.9. The maximum absolute atomic E-state index is 13.2. The molecule has 0 spiro atoms. The summed E-state index contributed by atoms with van der Waals surface area (Å²) in [6.07, 6.45) is 2.51. The number of benzene rings is 1. The fourth-order valence-electron chi connectivity index (χ4n) is 3.27. The Morgan fingerprint density at radius 1 is 1.21 bits per heavy atom. The van der Waals surface area contributed by atoms with Crippen LogP contribution < -0.4 is 10.0 Å². The van der Waals surface area contributed by atoms with Crippen LogP contribution in [0.1, 0.15) is 31.2 Å². The van der Waals surface area contributed by atoms with Gasteiger partial charge in [0.15, 0.2) is 0 Å². The van der Waals surface area contributed by atoms with Crippen LogP contribution in [-0.2, 0) is 26.2 Å². The Morgan fingerprint density at radius 3 is 2.46 bits per heavy atom. The third-order valence-corrected chi connectivity index (χ3v) is 5.35. The van der Waals surface area contributed by atoms with E-state index in [-0.39, 0.29) is 36.9 Å². The number of nitrogens with zero attached hydrogens (tertiary/aromatic N) is 1. The molecule has 1 aliphatic heterocycles. The summed E-state index contributed by atoms with van der Waals surface area (Å²) in [5.74, 6) is -2.69. The minimum absolute atomic E-state index is 0.00849. The van der Waals surface area contributed by atoms with E-state index in [9.17, 15) is 26.8 Å². The van der Waals surface area contributed by atoms with Gasteiger partial charge in [0, 0.05) is 44.6 Å². The van der Waals surface area contributed by atoms with Crippen molar-refractivity contribution in [3.8, 4) is 0 Å². The number of amides is 2. The molecule has 2 rings (SSSR count). The molecule has 2 atom stereocenters. The highest BCUT2D eigenvalue weighted by Gasteiger charge is 2.28. The molecule has 1 saturated heterocycles. The summed E-state index contributed by atoms with van der Waals surface area (Å²) in [6.45, 7) is 0.176. The average molecular weight is 417 g/mol. The Hall–Kier alpha value is -2.07. The lowest BCUT2D eigenvalue weighted by molar-refractivity contribution is -0.135. The smallest absolute Gasteiger partial charge is 0.223 e. The standard InChI is InChI=1S/C18H25F2N3O4S/c1-23-11-16(22-28(2,26)27)5-3-4-13(8-17(23)24)18(25)21-10-12-6-14(19)9-15(20)7-12/h6-7,9,13,16,22H,3-5,8,10-11H2,1-2H3,(H,21,25). The van der Waals surface area contributed by atoms with Crippen LogP contribution in [0.2, 0.25) is 0 Å². The molecule has 0 radical (unpaired) electrons. The Morgan fingerprint density at radius 2 is 1.86 bits per heavy atom. The maximum Gasteiger partial charge on any atom is 0.223 e. The van der Waals surface area contributed by atoms with Gasteiger partial charge in [0.2, 0.25) is 21.8 Å². The fraction of sp³-hybridized carbons (Fsp3) is 0.556. The maximum atomic E-state index is 13.2. The number of carbonyl (C=O) groups is 2. The van der Waals surface area contributed by atoms with Gasteiger partial charge in [-0.3, -0.25) is 9.59 Å². The number of hydrogen-bond acceptors (Lipinski definition) is 4. The SMILES string of the molecule is CN1CC(NS(C)(=O)=O)CCCC(C(=O)NCc2cc(F)cc(F)c2)CC1=O. The molecule has 1 aromatic rings. The number of hydrogen-bond donors (Lipinski definition) is 2. The normalized spacial score (nSPS) is 21.6. The van der Waals surface area contributed by atoms with Crippen molar-refractivity contribution >= 4 is 21.8 Å². The Bertz CT molecular complexity index is 812. The number of nitrogens with one attached hydrogen (secondary N) is 2. The molecule has 7 nitrogen and oxygen atoms in total. The van der Waals surface area contributed by atoms with Crippen molar-refractivity contribution in [2.75, 3.05) is 19.8 Å².